The highest BCUT2D eigenvalue weighted by atomic mass is 32.2. The Morgan fingerprint density at radius 2 is 0.950 bits per heavy atom. The van der Waals surface area contributed by atoms with E-state index in [1.54, 1.807) is 27.7 Å². The Kier molecular flexibility index (Phi) is 7.65. The van der Waals surface area contributed by atoms with E-state index in [1.165, 1.54) is 13.8 Å². The molecule has 0 saturated carbocycles. The van der Waals surface area contributed by atoms with Crippen LogP contribution in [0.3, 0.4) is 0 Å². The van der Waals surface area contributed by atoms with Crippen molar-refractivity contribution in [3.63, 3.8) is 0 Å². The largest absolute Gasteiger partial charge is 0.270 e. The van der Waals surface area contributed by atoms with Crippen LogP contribution in [0.1, 0.15) is 54.4 Å². The summed E-state index contributed by atoms with van der Waals surface area (Å²) in [6, 6.07) is 0. The van der Waals surface area contributed by atoms with Gasteiger partial charge in [-0.05, 0) is 40.5 Å². The molecule has 4 atom stereocenters. The predicted molar refractivity (Wildman–Crippen MR) is 78.4 cm³/mol. The maximum Gasteiger partial charge on any atom is 0.270 e. The Morgan fingerprint density at radius 3 is 1.15 bits per heavy atom. The first-order valence-corrected chi connectivity index (χ1v) is 9.76. The number of hydrogen-bond acceptors (Lipinski definition) is 6. The summed E-state index contributed by atoms with van der Waals surface area (Å²) >= 11 is 0. The Morgan fingerprint density at radius 1 is 0.700 bits per heavy atom. The average Bonchev–Trinajstić information content (AvgIpc) is 2.35. The molecule has 8 heteroatoms. The van der Waals surface area contributed by atoms with Crippen molar-refractivity contribution in [2.24, 2.45) is 0 Å². The smallest absolute Gasteiger partial charge is 0.264 e. The van der Waals surface area contributed by atoms with Gasteiger partial charge in [-0.15, -0.1) is 0 Å². The third-order valence-electron chi connectivity index (χ3n) is 3.37. The van der Waals surface area contributed by atoms with E-state index in [4.69, 9.17) is 8.37 Å². The minimum atomic E-state index is -3.71. The Labute approximate surface area is 123 Å². The van der Waals surface area contributed by atoms with Crippen LogP contribution in [0.25, 0.3) is 0 Å². The molecule has 0 fully saturated rings. The molecule has 0 radical (unpaired) electrons. The van der Waals surface area contributed by atoms with Crippen molar-refractivity contribution in [3.05, 3.63) is 0 Å². The minimum Gasteiger partial charge on any atom is -0.264 e. The Bertz CT molecular complexity index is 436. The maximum absolute atomic E-state index is 11.8. The zero-order valence-corrected chi connectivity index (χ0v) is 14.6. The highest BCUT2D eigenvalue weighted by Gasteiger charge is 2.30. The van der Waals surface area contributed by atoms with Crippen LogP contribution in [0.5, 0.6) is 0 Å². The van der Waals surface area contributed by atoms with Crippen LogP contribution in [-0.2, 0) is 28.6 Å². The second-order valence-electron chi connectivity index (χ2n) is 5.03. The first-order chi connectivity index (χ1) is 8.97. The zero-order valence-electron chi connectivity index (χ0n) is 13.0. The van der Waals surface area contributed by atoms with Crippen molar-refractivity contribution in [3.8, 4) is 0 Å². The van der Waals surface area contributed by atoms with E-state index in [9.17, 15) is 16.8 Å². The fraction of sp³-hybridized carbons (Fsp3) is 1.00. The number of hydrogen-bond donors (Lipinski definition) is 0. The van der Waals surface area contributed by atoms with Crippen LogP contribution < -0.4 is 0 Å². The van der Waals surface area contributed by atoms with Crippen LogP contribution >= 0.6 is 0 Å². The first kappa shape index (κ1) is 19.8. The zero-order chi connectivity index (χ0) is 16.1. The van der Waals surface area contributed by atoms with Crippen molar-refractivity contribution in [2.75, 3.05) is 0 Å². The molecular formula is C12H26O6S2. The Hall–Kier alpha value is -0.180. The molecule has 0 saturated heterocycles. The molecule has 0 N–H and O–H groups in total. The molecule has 20 heavy (non-hydrogen) atoms. The van der Waals surface area contributed by atoms with Gasteiger partial charge in [-0.1, -0.05) is 13.8 Å². The minimum absolute atomic E-state index is 0.426. The molecule has 0 aliphatic heterocycles. The third kappa shape index (κ3) is 5.67. The van der Waals surface area contributed by atoms with E-state index in [2.05, 4.69) is 0 Å². The fourth-order valence-corrected chi connectivity index (χ4v) is 3.53. The molecule has 0 amide bonds. The lowest BCUT2D eigenvalue weighted by atomic mass is 10.3. The van der Waals surface area contributed by atoms with Gasteiger partial charge >= 0.3 is 0 Å². The van der Waals surface area contributed by atoms with E-state index in [-0.39, 0.29) is 0 Å². The molecule has 0 aliphatic carbocycles. The van der Waals surface area contributed by atoms with Crippen LogP contribution in [0.2, 0.25) is 0 Å². The van der Waals surface area contributed by atoms with Crippen molar-refractivity contribution in [1.29, 1.82) is 0 Å². The second-order valence-corrected chi connectivity index (χ2v) is 8.99. The lowest BCUT2D eigenvalue weighted by Crippen LogP contribution is -2.35. The normalized spacial score (nSPS) is 19.3. The number of rotatable bonds is 9. The lowest BCUT2D eigenvalue weighted by Gasteiger charge is -2.23. The summed E-state index contributed by atoms with van der Waals surface area (Å²) in [7, 11) is -7.42. The second kappa shape index (κ2) is 7.72. The molecule has 0 rings (SSSR count). The van der Waals surface area contributed by atoms with Gasteiger partial charge in [0.2, 0.25) is 0 Å². The Balaban J connectivity index is 4.78. The van der Waals surface area contributed by atoms with E-state index in [1.807, 2.05) is 0 Å². The average molecular weight is 330 g/mol. The molecule has 0 aromatic heterocycles. The molecule has 0 heterocycles. The SMILES string of the molecule is CCC(C)S(=O)(=O)OC(C)C(C)OS(=O)(=O)C(C)CC. The van der Waals surface area contributed by atoms with Crippen LogP contribution in [0, 0.1) is 0 Å². The van der Waals surface area contributed by atoms with Crippen LogP contribution in [0.15, 0.2) is 0 Å². The molecule has 0 bridgehead atoms. The summed E-state index contributed by atoms with van der Waals surface area (Å²) < 4.78 is 57.2. The molecule has 0 spiro atoms. The van der Waals surface area contributed by atoms with E-state index >= 15 is 0 Å². The van der Waals surface area contributed by atoms with Crippen LogP contribution in [-0.4, -0.2) is 39.5 Å². The summed E-state index contributed by atoms with van der Waals surface area (Å²) in [5.74, 6) is 0. The van der Waals surface area contributed by atoms with Gasteiger partial charge in [0.15, 0.2) is 0 Å². The molecule has 122 valence electrons. The third-order valence-corrected chi connectivity index (χ3v) is 7.15. The van der Waals surface area contributed by atoms with Gasteiger partial charge in [-0.2, -0.15) is 16.8 Å². The summed E-state index contributed by atoms with van der Waals surface area (Å²) in [5, 5.41) is -1.27. The van der Waals surface area contributed by atoms with E-state index < -0.39 is 42.9 Å². The van der Waals surface area contributed by atoms with E-state index in [0.717, 1.165) is 0 Å². The quantitative estimate of drug-likeness (QED) is 0.601. The molecule has 0 aromatic rings. The van der Waals surface area contributed by atoms with E-state index in [0.29, 0.717) is 12.8 Å². The van der Waals surface area contributed by atoms with Gasteiger partial charge in [0.25, 0.3) is 20.2 Å². The van der Waals surface area contributed by atoms with Gasteiger partial charge in [0, 0.05) is 0 Å². The van der Waals surface area contributed by atoms with Gasteiger partial charge in [0.05, 0.1) is 10.5 Å². The monoisotopic (exact) mass is 330 g/mol. The fourth-order valence-electron chi connectivity index (χ4n) is 1.18. The summed E-state index contributed by atoms with van der Waals surface area (Å²) in [4.78, 5) is 0. The summed E-state index contributed by atoms with van der Waals surface area (Å²) in [5.41, 5.74) is 0. The molecular weight excluding hydrogens is 304 g/mol. The summed E-state index contributed by atoms with van der Waals surface area (Å²) in [6.45, 7) is 9.54. The molecule has 0 aromatic carbocycles. The van der Waals surface area contributed by atoms with Gasteiger partial charge in [0.1, 0.15) is 12.2 Å². The standard InChI is InChI=1S/C12H26O6S2/c1-7-9(3)19(13,14)17-11(5)12(6)18-20(15,16)10(4)8-2/h9-12H,7-8H2,1-6H3. The molecule has 4 unspecified atom stereocenters. The maximum atomic E-state index is 11.8. The highest BCUT2D eigenvalue weighted by molar-refractivity contribution is 7.87. The molecule has 6 nitrogen and oxygen atoms in total. The van der Waals surface area contributed by atoms with Crippen molar-refractivity contribution >= 4 is 20.2 Å². The van der Waals surface area contributed by atoms with Gasteiger partial charge in [-0.3, -0.25) is 8.37 Å². The van der Waals surface area contributed by atoms with Gasteiger partial charge in [-0.25, -0.2) is 0 Å². The van der Waals surface area contributed by atoms with Crippen molar-refractivity contribution < 1.29 is 25.2 Å². The summed E-state index contributed by atoms with van der Waals surface area (Å²) in [6.07, 6.45) is -0.883. The van der Waals surface area contributed by atoms with Crippen molar-refractivity contribution in [1.82, 2.24) is 0 Å². The lowest BCUT2D eigenvalue weighted by molar-refractivity contribution is 0.0850. The topological polar surface area (TPSA) is 86.7 Å². The van der Waals surface area contributed by atoms with Gasteiger partial charge < -0.3 is 0 Å². The predicted octanol–water partition coefficient (Wildman–Crippen LogP) is 2.05. The van der Waals surface area contributed by atoms with Crippen LogP contribution in [0.4, 0.5) is 0 Å². The molecule has 0 aliphatic rings. The van der Waals surface area contributed by atoms with Crippen molar-refractivity contribution in [2.45, 2.75) is 77.1 Å². The highest BCUT2D eigenvalue weighted by Crippen LogP contribution is 2.17. The first-order valence-electron chi connectivity index (χ1n) is 6.82.